The van der Waals surface area contributed by atoms with Gasteiger partial charge in [0.1, 0.15) is 23.0 Å². The zero-order chi connectivity index (χ0) is 13.9. The number of anilines is 1. The summed E-state index contributed by atoms with van der Waals surface area (Å²) in [5.41, 5.74) is 7.71. The number of benzene rings is 2. The fraction of sp³-hybridized carbons (Fsp3) is 0.0625. The summed E-state index contributed by atoms with van der Waals surface area (Å²) < 4.78 is 7.60. The van der Waals surface area contributed by atoms with E-state index in [2.05, 4.69) is 4.98 Å². The van der Waals surface area contributed by atoms with E-state index in [4.69, 9.17) is 10.5 Å². The molecule has 2 aromatic carbocycles. The molecule has 0 aliphatic heterocycles. The number of hydrogen-bond donors (Lipinski definition) is 1. The highest BCUT2D eigenvalue weighted by Crippen LogP contribution is 2.29. The largest absolute Gasteiger partial charge is 0.457 e. The van der Waals surface area contributed by atoms with Crippen LogP contribution in [0.15, 0.2) is 60.9 Å². The molecule has 0 atom stereocenters. The van der Waals surface area contributed by atoms with Crippen molar-refractivity contribution in [2.24, 2.45) is 7.05 Å². The minimum absolute atomic E-state index is 0.641. The molecule has 0 spiro atoms. The molecule has 0 saturated heterocycles. The second-order valence-corrected chi connectivity index (χ2v) is 4.53. The van der Waals surface area contributed by atoms with Crippen LogP contribution < -0.4 is 10.5 Å². The number of hydrogen-bond acceptors (Lipinski definition) is 3. The highest BCUT2D eigenvalue weighted by Gasteiger charge is 2.08. The number of imidazole rings is 1. The molecule has 0 fully saturated rings. The van der Waals surface area contributed by atoms with Gasteiger partial charge in [-0.05, 0) is 24.3 Å². The predicted octanol–water partition coefficient (Wildman–Crippen LogP) is 3.46. The standard InChI is InChI=1S/C16H15N3O/c1-19-11-18-15(16(19)17)12-6-5-9-14(10-12)20-13-7-3-2-4-8-13/h2-11H,17H2,1H3. The summed E-state index contributed by atoms with van der Waals surface area (Å²) in [5, 5.41) is 0. The summed E-state index contributed by atoms with van der Waals surface area (Å²) in [4.78, 5) is 4.32. The fourth-order valence-electron chi connectivity index (χ4n) is 1.99. The second kappa shape index (κ2) is 5.09. The molecule has 2 N–H and O–H groups in total. The molecule has 3 aromatic rings. The molecular formula is C16H15N3O. The number of rotatable bonds is 3. The zero-order valence-electron chi connectivity index (χ0n) is 11.2. The number of ether oxygens (including phenoxy) is 1. The van der Waals surface area contributed by atoms with E-state index in [0.29, 0.717) is 5.82 Å². The Bertz CT molecular complexity index is 720. The van der Waals surface area contributed by atoms with Crippen LogP contribution in [0.1, 0.15) is 0 Å². The third-order valence-corrected chi connectivity index (χ3v) is 3.07. The maximum absolute atomic E-state index is 6.00. The molecule has 0 bridgehead atoms. The molecular weight excluding hydrogens is 250 g/mol. The van der Waals surface area contributed by atoms with E-state index in [9.17, 15) is 0 Å². The summed E-state index contributed by atoms with van der Waals surface area (Å²) in [7, 11) is 1.87. The lowest BCUT2D eigenvalue weighted by Gasteiger charge is -2.07. The monoisotopic (exact) mass is 265 g/mol. The Morgan fingerprint density at radius 3 is 2.45 bits per heavy atom. The van der Waals surface area contributed by atoms with Gasteiger partial charge in [0, 0.05) is 12.6 Å². The van der Waals surface area contributed by atoms with Crippen LogP contribution in [-0.4, -0.2) is 9.55 Å². The topological polar surface area (TPSA) is 53.1 Å². The van der Waals surface area contributed by atoms with Crippen molar-refractivity contribution in [1.82, 2.24) is 9.55 Å². The number of para-hydroxylation sites is 1. The fourth-order valence-corrected chi connectivity index (χ4v) is 1.99. The highest BCUT2D eigenvalue weighted by molar-refractivity contribution is 5.71. The lowest BCUT2D eigenvalue weighted by atomic mass is 10.1. The van der Waals surface area contributed by atoms with Gasteiger partial charge in [-0.1, -0.05) is 30.3 Å². The second-order valence-electron chi connectivity index (χ2n) is 4.53. The summed E-state index contributed by atoms with van der Waals surface area (Å²) >= 11 is 0. The molecule has 3 rings (SSSR count). The van der Waals surface area contributed by atoms with Crippen molar-refractivity contribution >= 4 is 5.82 Å². The predicted molar refractivity (Wildman–Crippen MR) is 79.6 cm³/mol. The van der Waals surface area contributed by atoms with E-state index in [0.717, 1.165) is 22.8 Å². The van der Waals surface area contributed by atoms with Crippen LogP contribution in [0.25, 0.3) is 11.3 Å². The molecule has 100 valence electrons. The van der Waals surface area contributed by atoms with Crippen LogP contribution in [0.5, 0.6) is 11.5 Å². The van der Waals surface area contributed by atoms with E-state index in [1.807, 2.05) is 61.6 Å². The van der Waals surface area contributed by atoms with Gasteiger partial charge in [0.2, 0.25) is 0 Å². The van der Waals surface area contributed by atoms with Crippen molar-refractivity contribution in [2.75, 3.05) is 5.73 Å². The van der Waals surface area contributed by atoms with Gasteiger partial charge in [-0.3, -0.25) is 0 Å². The lowest BCUT2D eigenvalue weighted by Crippen LogP contribution is -1.95. The Labute approximate surface area is 117 Å². The van der Waals surface area contributed by atoms with Crippen LogP contribution in [0.2, 0.25) is 0 Å². The van der Waals surface area contributed by atoms with Gasteiger partial charge in [0.05, 0.1) is 6.33 Å². The number of nitrogen functional groups attached to an aromatic ring is 1. The quantitative estimate of drug-likeness (QED) is 0.789. The third-order valence-electron chi connectivity index (χ3n) is 3.07. The van der Waals surface area contributed by atoms with Gasteiger partial charge in [-0.15, -0.1) is 0 Å². The van der Waals surface area contributed by atoms with Crippen molar-refractivity contribution in [3.8, 4) is 22.8 Å². The summed E-state index contributed by atoms with van der Waals surface area (Å²) in [6.45, 7) is 0. The third kappa shape index (κ3) is 2.36. The van der Waals surface area contributed by atoms with Crippen molar-refractivity contribution < 1.29 is 4.74 Å². The first-order chi connectivity index (χ1) is 9.74. The first-order valence-corrected chi connectivity index (χ1v) is 6.34. The van der Waals surface area contributed by atoms with Crippen LogP contribution in [0.3, 0.4) is 0 Å². The van der Waals surface area contributed by atoms with Gasteiger partial charge in [0.15, 0.2) is 0 Å². The average molecular weight is 265 g/mol. The van der Waals surface area contributed by atoms with Crippen molar-refractivity contribution in [3.63, 3.8) is 0 Å². The highest BCUT2D eigenvalue weighted by atomic mass is 16.5. The van der Waals surface area contributed by atoms with Gasteiger partial charge in [-0.25, -0.2) is 4.98 Å². The molecule has 0 unspecified atom stereocenters. The molecule has 4 heteroatoms. The van der Waals surface area contributed by atoms with Gasteiger partial charge < -0.3 is 15.0 Å². The molecule has 0 saturated carbocycles. The maximum Gasteiger partial charge on any atom is 0.131 e. The summed E-state index contributed by atoms with van der Waals surface area (Å²) in [6, 6.07) is 17.4. The first-order valence-electron chi connectivity index (χ1n) is 6.34. The van der Waals surface area contributed by atoms with Gasteiger partial charge in [0.25, 0.3) is 0 Å². The number of aromatic nitrogens is 2. The Balaban J connectivity index is 1.92. The van der Waals surface area contributed by atoms with Crippen molar-refractivity contribution in [3.05, 3.63) is 60.9 Å². The minimum atomic E-state index is 0.641. The van der Waals surface area contributed by atoms with Crippen molar-refractivity contribution in [2.45, 2.75) is 0 Å². The maximum atomic E-state index is 6.00. The first kappa shape index (κ1) is 12.3. The molecule has 0 radical (unpaired) electrons. The van der Waals surface area contributed by atoms with Crippen LogP contribution in [0.4, 0.5) is 5.82 Å². The van der Waals surface area contributed by atoms with E-state index >= 15 is 0 Å². The minimum Gasteiger partial charge on any atom is -0.457 e. The summed E-state index contributed by atoms with van der Waals surface area (Å²) in [6.07, 6.45) is 1.70. The van der Waals surface area contributed by atoms with E-state index in [1.54, 1.807) is 10.9 Å². The Morgan fingerprint density at radius 2 is 1.75 bits per heavy atom. The van der Waals surface area contributed by atoms with Crippen LogP contribution in [0, 0.1) is 0 Å². The van der Waals surface area contributed by atoms with Crippen LogP contribution >= 0.6 is 0 Å². The summed E-state index contributed by atoms with van der Waals surface area (Å²) in [5.74, 6) is 2.21. The molecule has 0 amide bonds. The number of nitrogens with zero attached hydrogens (tertiary/aromatic N) is 2. The Morgan fingerprint density at radius 1 is 1.00 bits per heavy atom. The Kier molecular flexibility index (Phi) is 3.13. The number of nitrogens with two attached hydrogens (primary N) is 1. The SMILES string of the molecule is Cn1cnc(-c2cccc(Oc3ccccc3)c2)c1N. The van der Waals surface area contributed by atoms with Crippen LogP contribution in [-0.2, 0) is 7.05 Å². The number of aryl methyl sites for hydroxylation is 1. The van der Waals surface area contributed by atoms with Crippen molar-refractivity contribution in [1.29, 1.82) is 0 Å². The molecule has 20 heavy (non-hydrogen) atoms. The zero-order valence-corrected chi connectivity index (χ0v) is 11.2. The molecule has 0 aliphatic carbocycles. The molecule has 1 heterocycles. The molecule has 0 aliphatic rings. The normalized spacial score (nSPS) is 10.4. The van der Waals surface area contributed by atoms with E-state index < -0.39 is 0 Å². The smallest absolute Gasteiger partial charge is 0.131 e. The Hall–Kier alpha value is -2.75. The van der Waals surface area contributed by atoms with E-state index in [1.165, 1.54) is 0 Å². The molecule has 4 nitrogen and oxygen atoms in total. The lowest BCUT2D eigenvalue weighted by molar-refractivity contribution is 0.483. The van der Waals surface area contributed by atoms with Gasteiger partial charge >= 0.3 is 0 Å². The van der Waals surface area contributed by atoms with E-state index in [-0.39, 0.29) is 0 Å². The van der Waals surface area contributed by atoms with Gasteiger partial charge in [-0.2, -0.15) is 0 Å². The molecule has 1 aromatic heterocycles. The average Bonchev–Trinajstić information content (AvgIpc) is 2.80.